The molecule has 3 aliphatic carbocycles. The second-order valence-corrected chi connectivity index (χ2v) is 14.2. The van der Waals surface area contributed by atoms with Gasteiger partial charge in [-0.05, 0) is 24.1 Å². The number of aliphatic hydroxyl groups is 2. The van der Waals surface area contributed by atoms with E-state index < -0.39 is 107 Å². The molecule has 0 radical (unpaired) electrons. The van der Waals surface area contributed by atoms with E-state index in [-0.39, 0.29) is 25.0 Å². The molecule has 4 bridgehead atoms. The molecule has 51 heavy (non-hydrogen) atoms. The number of ketones is 1. The van der Waals surface area contributed by atoms with E-state index in [2.05, 4.69) is 6.58 Å². The summed E-state index contributed by atoms with van der Waals surface area (Å²) >= 11 is 0. The number of hydrogen-bond donors (Lipinski definition) is 2. The molecule has 276 valence electrons. The third kappa shape index (κ3) is 6.06. The lowest BCUT2D eigenvalue weighted by molar-refractivity contribution is -0.300. The summed E-state index contributed by atoms with van der Waals surface area (Å²) in [5, 5.41) is 25.3. The molecule has 1 aliphatic heterocycles. The van der Waals surface area contributed by atoms with E-state index in [0.717, 1.165) is 27.7 Å². The monoisotopic (exact) mass is 712 g/mol. The predicted molar refractivity (Wildman–Crippen MR) is 175 cm³/mol. The van der Waals surface area contributed by atoms with Crippen molar-refractivity contribution in [3.63, 3.8) is 0 Å². The van der Waals surface area contributed by atoms with Gasteiger partial charge in [-0.3, -0.25) is 24.0 Å². The zero-order chi connectivity index (χ0) is 37.7. The molecule has 4 aliphatic rings. The fourth-order valence-corrected chi connectivity index (χ4v) is 8.97. The molecule has 14 nitrogen and oxygen atoms in total. The second kappa shape index (κ2) is 13.6. The van der Waals surface area contributed by atoms with Gasteiger partial charge in [0.2, 0.25) is 0 Å². The predicted octanol–water partition coefficient (Wildman–Crippen LogP) is 2.02. The molecule has 4 fully saturated rings. The Balaban J connectivity index is 1.78. The molecule has 0 aromatic heterocycles. The normalized spacial score (nSPS) is 38.5. The van der Waals surface area contributed by atoms with Crippen molar-refractivity contribution >= 4 is 41.7 Å². The summed E-state index contributed by atoms with van der Waals surface area (Å²) in [5.74, 6) is -7.37. The van der Waals surface area contributed by atoms with Crippen LogP contribution in [-0.2, 0) is 57.2 Å². The summed E-state index contributed by atoms with van der Waals surface area (Å²) in [6.45, 7) is 10.5. The zero-order valence-corrected chi connectivity index (χ0v) is 29.4. The van der Waals surface area contributed by atoms with Crippen molar-refractivity contribution in [3.05, 3.63) is 54.1 Å². The van der Waals surface area contributed by atoms with Gasteiger partial charge in [-0.15, -0.1) is 0 Å². The number of benzene rings is 1. The van der Waals surface area contributed by atoms with E-state index >= 15 is 0 Å². The van der Waals surface area contributed by atoms with Gasteiger partial charge < -0.3 is 38.6 Å². The number of fused-ring (bicyclic) bond motifs is 1. The highest BCUT2D eigenvalue weighted by atomic mass is 16.6. The highest BCUT2D eigenvalue weighted by molar-refractivity contribution is 5.91. The van der Waals surface area contributed by atoms with Crippen molar-refractivity contribution in [1.82, 2.24) is 0 Å². The number of carbonyl (C=O) groups is 6. The van der Waals surface area contributed by atoms with Crippen molar-refractivity contribution in [3.8, 4) is 0 Å². The molecule has 3 saturated carbocycles. The minimum absolute atomic E-state index is 0.0661. The zero-order valence-electron chi connectivity index (χ0n) is 29.4. The van der Waals surface area contributed by atoms with Gasteiger partial charge in [-0.1, -0.05) is 43.8 Å². The van der Waals surface area contributed by atoms with E-state index in [0.29, 0.717) is 5.56 Å². The van der Waals surface area contributed by atoms with Crippen LogP contribution >= 0.6 is 0 Å². The van der Waals surface area contributed by atoms with E-state index in [1.807, 2.05) is 6.07 Å². The van der Waals surface area contributed by atoms with Gasteiger partial charge in [0.15, 0.2) is 11.4 Å². The van der Waals surface area contributed by atoms with Crippen molar-refractivity contribution < 1.29 is 67.4 Å². The third-order valence-corrected chi connectivity index (χ3v) is 11.3. The minimum Gasteiger partial charge on any atom is -0.465 e. The summed E-state index contributed by atoms with van der Waals surface area (Å²) < 4.78 is 35.3. The average molecular weight is 713 g/mol. The highest BCUT2D eigenvalue weighted by Crippen LogP contribution is 2.67. The third-order valence-electron chi connectivity index (χ3n) is 11.3. The Morgan fingerprint density at radius 3 is 2.16 bits per heavy atom. The molecule has 1 aromatic carbocycles. The van der Waals surface area contributed by atoms with Crippen LogP contribution in [0, 0.1) is 22.7 Å². The van der Waals surface area contributed by atoms with Crippen LogP contribution in [0.2, 0.25) is 0 Å². The van der Waals surface area contributed by atoms with Gasteiger partial charge in [0.05, 0.1) is 12.0 Å². The minimum atomic E-state index is -2.50. The molecule has 5 rings (SSSR count). The van der Waals surface area contributed by atoms with Crippen LogP contribution in [0.4, 0.5) is 0 Å². The molecular weight excluding hydrogens is 668 g/mol. The first-order chi connectivity index (χ1) is 23.8. The number of carbonyl (C=O) groups excluding carboxylic acids is 6. The van der Waals surface area contributed by atoms with Crippen molar-refractivity contribution in [2.24, 2.45) is 22.7 Å². The quantitative estimate of drug-likeness (QED) is 0.172. The number of hydrogen-bond acceptors (Lipinski definition) is 14. The van der Waals surface area contributed by atoms with Gasteiger partial charge >= 0.3 is 29.8 Å². The van der Waals surface area contributed by atoms with Gasteiger partial charge in [-0.2, -0.15) is 0 Å². The van der Waals surface area contributed by atoms with E-state index in [4.69, 9.17) is 28.4 Å². The SMILES string of the molecule is C=C1[C@@H](OC(=O)/C=C/c2ccccc2)C[C@H](OC(C)=O)[C@@]2(COC(C)=O)[C@@H](OC(C)=O)[C@H](O)[C@]3(O)C4(C)CO[C@]3(C)C(=O)C[C@H]4[C@@H](OC(C)=O)[C@H]12. The Bertz CT molecular complexity index is 1650. The van der Waals surface area contributed by atoms with Crippen molar-refractivity contribution in [2.45, 2.75) is 96.1 Å². The summed E-state index contributed by atoms with van der Waals surface area (Å²) in [7, 11) is 0. The van der Waals surface area contributed by atoms with Crippen LogP contribution in [0.1, 0.15) is 59.9 Å². The fourth-order valence-electron chi connectivity index (χ4n) is 8.97. The smallest absolute Gasteiger partial charge is 0.331 e. The molecule has 1 heterocycles. The topological polar surface area (TPSA) is 198 Å². The molecule has 0 spiro atoms. The Labute approximate surface area is 295 Å². The largest absolute Gasteiger partial charge is 0.465 e. The highest BCUT2D eigenvalue weighted by Gasteiger charge is 2.82. The number of esters is 5. The van der Waals surface area contributed by atoms with Crippen molar-refractivity contribution in [2.75, 3.05) is 13.2 Å². The molecule has 1 unspecified atom stereocenters. The van der Waals surface area contributed by atoms with E-state index in [1.54, 1.807) is 31.2 Å². The summed E-state index contributed by atoms with van der Waals surface area (Å²) in [6.07, 6.45) is -6.22. The van der Waals surface area contributed by atoms with Crippen LogP contribution in [0.5, 0.6) is 0 Å². The fraction of sp³-hybridized carbons (Fsp3) is 0.568. The number of aliphatic hydroxyl groups excluding tert-OH is 1. The Kier molecular flexibility index (Phi) is 10.1. The first kappa shape index (κ1) is 37.8. The maximum Gasteiger partial charge on any atom is 0.331 e. The number of ether oxygens (including phenoxy) is 6. The van der Waals surface area contributed by atoms with Gasteiger partial charge in [0, 0.05) is 63.9 Å². The lowest BCUT2D eigenvalue weighted by Gasteiger charge is -2.64. The van der Waals surface area contributed by atoms with Crippen LogP contribution in [0.25, 0.3) is 6.08 Å². The number of rotatable bonds is 8. The average Bonchev–Trinajstić information content (AvgIpc) is 3.20. The van der Waals surface area contributed by atoms with E-state index in [1.165, 1.54) is 19.1 Å². The molecule has 14 heteroatoms. The Hall–Kier alpha value is -4.40. The molecule has 1 saturated heterocycles. The number of Topliss-reactive ketones (excluding diaryl/α,β-unsaturated/α-hetero) is 1. The lowest BCUT2D eigenvalue weighted by atomic mass is 9.43. The molecule has 2 N–H and O–H groups in total. The maximum atomic E-state index is 14.0. The standard InChI is InChI=1S/C37H44O14/c1-19-26(51-29(43)14-13-24-11-9-8-10-12-24)16-28(48-21(3)39)36(18-46-20(2)38)30(19)31(49-22(4)40)25-15-27(42)35(7)37(45,34(25,6)17-47-35)32(44)33(36)50-23(5)41/h8-14,25-26,28,30-33,44-45H,1,15-18H2,2-7H3/b14-13+/t25-,26-,28-,30-,31+,32-,33-,34?,35+,36+,37-/m0/s1. The van der Waals surface area contributed by atoms with Gasteiger partial charge in [-0.25, -0.2) is 4.79 Å². The first-order valence-corrected chi connectivity index (χ1v) is 16.7. The molecular formula is C37H44O14. The summed E-state index contributed by atoms with van der Waals surface area (Å²) in [5.41, 5.74) is -7.35. The van der Waals surface area contributed by atoms with Gasteiger partial charge in [0.1, 0.15) is 42.7 Å². The Morgan fingerprint density at radius 1 is 0.941 bits per heavy atom. The second-order valence-electron chi connectivity index (χ2n) is 14.2. The summed E-state index contributed by atoms with van der Waals surface area (Å²) in [6, 6.07) is 8.92. The molecule has 11 atom stereocenters. The van der Waals surface area contributed by atoms with Crippen LogP contribution in [0.3, 0.4) is 0 Å². The molecule has 0 amide bonds. The lowest BCUT2D eigenvalue weighted by Crippen LogP contribution is -2.80. The molecule has 1 aromatic rings. The van der Waals surface area contributed by atoms with E-state index in [9.17, 15) is 39.0 Å². The van der Waals surface area contributed by atoms with Crippen LogP contribution in [0.15, 0.2) is 48.6 Å². The first-order valence-electron chi connectivity index (χ1n) is 16.7. The Morgan fingerprint density at radius 2 is 1.57 bits per heavy atom. The van der Waals surface area contributed by atoms with Crippen molar-refractivity contribution in [1.29, 1.82) is 0 Å². The maximum absolute atomic E-state index is 14.0. The van der Waals surface area contributed by atoms with Gasteiger partial charge in [0.25, 0.3) is 0 Å². The van der Waals surface area contributed by atoms with Crippen LogP contribution < -0.4 is 0 Å². The van der Waals surface area contributed by atoms with Crippen LogP contribution in [-0.4, -0.2) is 101 Å². The summed E-state index contributed by atoms with van der Waals surface area (Å²) in [4.78, 5) is 78.5.